The molecular formula is C21H20FNO7S. The Morgan fingerprint density at radius 3 is 2.03 bits per heavy atom. The molecule has 0 spiro atoms. The minimum absolute atomic E-state index is 0.00665. The lowest BCUT2D eigenvalue weighted by atomic mass is 10.1. The van der Waals surface area contributed by atoms with Crippen molar-refractivity contribution in [3.8, 4) is 5.75 Å². The molecule has 0 bridgehead atoms. The molecule has 1 atom stereocenters. The van der Waals surface area contributed by atoms with Gasteiger partial charge >= 0.3 is 17.9 Å². The van der Waals surface area contributed by atoms with E-state index in [1.165, 1.54) is 56.7 Å². The number of halogens is 1. The van der Waals surface area contributed by atoms with E-state index in [0.717, 1.165) is 11.8 Å². The van der Waals surface area contributed by atoms with Crippen LogP contribution < -0.4 is 10.1 Å². The molecule has 164 valence electrons. The van der Waals surface area contributed by atoms with E-state index < -0.39 is 29.0 Å². The predicted octanol–water partition coefficient (Wildman–Crippen LogP) is 3.06. The molecule has 0 aliphatic carbocycles. The van der Waals surface area contributed by atoms with Crippen molar-refractivity contribution in [3.63, 3.8) is 0 Å². The fourth-order valence-electron chi connectivity index (χ4n) is 2.33. The minimum atomic E-state index is -0.734. The van der Waals surface area contributed by atoms with Gasteiger partial charge in [-0.3, -0.25) is 9.59 Å². The molecule has 0 saturated heterocycles. The number of rotatable bonds is 8. The number of benzene rings is 2. The Bertz CT molecular complexity index is 944. The van der Waals surface area contributed by atoms with Crippen LogP contribution in [-0.2, 0) is 19.1 Å². The van der Waals surface area contributed by atoms with Crippen LogP contribution in [0, 0.1) is 5.82 Å². The largest absolute Gasteiger partial charge is 0.465 e. The molecule has 2 rings (SSSR count). The van der Waals surface area contributed by atoms with Gasteiger partial charge in [0.25, 0.3) is 0 Å². The zero-order valence-corrected chi connectivity index (χ0v) is 17.8. The molecule has 1 N–H and O–H groups in total. The number of ether oxygens (including phenoxy) is 3. The van der Waals surface area contributed by atoms with E-state index in [-0.39, 0.29) is 28.5 Å². The fraction of sp³-hybridized carbons (Fsp3) is 0.238. The molecule has 10 heteroatoms. The quantitative estimate of drug-likeness (QED) is 0.484. The van der Waals surface area contributed by atoms with E-state index in [4.69, 9.17) is 4.74 Å². The van der Waals surface area contributed by atoms with Gasteiger partial charge in [0.05, 0.1) is 31.1 Å². The molecule has 0 heterocycles. The summed E-state index contributed by atoms with van der Waals surface area (Å²) in [6.07, 6.45) is 0. The molecule has 31 heavy (non-hydrogen) atoms. The van der Waals surface area contributed by atoms with Gasteiger partial charge < -0.3 is 19.5 Å². The summed E-state index contributed by atoms with van der Waals surface area (Å²) in [4.78, 5) is 48.0. The standard InChI is InChI=1S/C21H20FNO7S/c1-12(31-11-18(24)23-16-6-4-15(22)5-7-16)19(25)30-17-9-13(20(26)28-2)8-14(10-17)21(27)29-3/h4-10,12H,11H2,1-3H3,(H,23,24). The number of methoxy groups -OCH3 is 2. The molecule has 0 fully saturated rings. The van der Waals surface area contributed by atoms with Crippen LogP contribution >= 0.6 is 11.8 Å². The van der Waals surface area contributed by atoms with Crippen molar-refractivity contribution < 1.29 is 37.8 Å². The molecule has 1 unspecified atom stereocenters. The van der Waals surface area contributed by atoms with Gasteiger partial charge in [0.15, 0.2) is 0 Å². The number of esters is 3. The highest BCUT2D eigenvalue weighted by Crippen LogP contribution is 2.21. The molecule has 0 radical (unpaired) electrons. The number of thioether (sulfide) groups is 1. The molecule has 0 aromatic heterocycles. The minimum Gasteiger partial charge on any atom is -0.465 e. The van der Waals surface area contributed by atoms with Crippen LogP contribution in [0.1, 0.15) is 27.6 Å². The summed E-state index contributed by atoms with van der Waals surface area (Å²) >= 11 is 1.02. The van der Waals surface area contributed by atoms with Gasteiger partial charge in [-0.2, -0.15) is 0 Å². The van der Waals surface area contributed by atoms with Gasteiger partial charge in [-0.1, -0.05) is 0 Å². The van der Waals surface area contributed by atoms with Crippen LogP contribution in [0.2, 0.25) is 0 Å². The summed E-state index contributed by atoms with van der Waals surface area (Å²) < 4.78 is 27.4. The van der Waals surface area contributed by atoms with E-state index in [0.29, 0.717) is 5.69 Å². The summed E-state index contributed by atoms with van der Waals surface area (Å²) in [5.41, 5.74) is 0.441. The predicted molar refractivity (Wildman–Crippen MR) is 112 cm³/mol. The second-order valence-corrected chi connectivity index (χ2v) is 7.49. The number of anilines is 1. The molecule has 0 aliphatic rings. The Balaban J connectivity index is 1.99. The lowest BCUT2D eigenvalue weighted by Gasteiger charge is -2.13. The normalized spacial score (nSPS) is 11.2. The van der Waals surface area contributed by atoms with Gasteiger partial charge in [0, 0.05) is 5.69 Å². The van der Waals surface area contributed by atoms with Gasteiger partial charge in [0.2, 0.25) is 5.91 Å². The van der Waals surface area contributed by atoms with Crippen molar-refractivity contribution in [2.75, 3.05) is 25.3 Å². The van der Waals surface area contributed by atoms with Crippen LogP contribution in [0.5, 0.6) is 5.75 Å². The smallest absolute Gasteiger partial charge is 0.338 e. The average Bonchev–Trinajstić information content (AvgIpc) is 2.77. The summed E-state index contributed by atoms with van der Waals surface area (Å²) in [6, 6.07) is 9.05. The Labute approximate surface area is 182 Å². The van der Waals surface area contributed by atoms with Gasteiger partial charge in [-0.05, 0) is 49.4 Å². The first-order chi connectivity index (χ1) is 14.7. The highest BCUT2D eigenvalue weighted by molar-refractivity contribution is 8.01. The van der Waals surface area contributed by atoms with Gasteiger partial charge in [-0.25, -0.2) is 14.0 Å². The number of amides is 1. The van der Waals surface area contributed by atoms with E-state index >= 15 is 0 Å². The van der Waals surface area contributed by atoms with Crippen LogP contribution in [-0.4, -0.2) is 49.0 Å². The molecule has 0 aliphatic heterocycles. The van der Waals surface area contributed by atoms with E-state index in [1.807, 2.05) is 0 Å². The molecule has 0 saturated carbocycles. The van der Waals surface area contributed by atoms with Crippen LogP contribution in [0.3, 0.4) is 0 Å². The summed E-state index contributed by atoms with van der Waals surface area (Å²) in [5, 5.41) is 1.85. The molecule has 2 aromatic rings. The number of nitrogens with one attached hydrogen (secondary N) is 1. The maximum absolute atomic E-state index is 12.9. The lowest BCUT2D eigenvalue weighted by Crippen LogP contribution is -2.23. The van der Waals surface area contributed by atoms with Gasteiger partial charge in [-0.15, -0.1) is 11.8 Å². The molecule has 8 nitrogen and oxygen atoms in total. The third-order valence-corrected chi connectivity index (χ3v) is 5.01. The Morgan fingerprint density at radius 2 is 1.52 bits per heavy atom. The van der Waals surface area contributed by atoms with Crippen LogP contribution in [0.15, 0.2) is 42.5 Å². The number of hydrogen-bond donors (Lipinski definition) is 1. The third-order valence-electron chi connectivity index (χ3n) is 3.89. The summed E-state index contributed by atoms with van der Waals surface area (Å²) in [6.45, 7) is 1.55. The monoisotopic (exact) mass is 449 g/mol. The summed E-state index contributed by atoms with van der Waals surface area (Å²) in [5.74, 6) is -3.02. The maximum atomic E-state index is 12.9. The third kappa shape index (κ3) is 7.10. The summed E-state index contributed by atoms with van der Waals surface area (Å²) in [7, 11) is 2.35. The zero-order chi connectivity index (χ0) is 23.0. The second kappa shape index (κ2) is 11.1. The van der Waals surface area contributed by atoms with Crippen LogP contribution in [0.25, 0.3) is 0 Å². The number of carbonyl (C=O) groups excluding carboxylic acids is 4. The first-order valence-corrected chi connectivity index (χ1v) is 9.98. The average molecular weight is 449 g/mol. The van der Waals surface area contributed by atoms with Crippen molar-refractivity contribution in [3.05, 3.63) is 59.4 Å². The molecular weight excluding hydrogens is 429 g/mol. The van der Waals surface area contributed by atoms with Crippen LogP contribution in [0.4, 0.5) is 10.1 Å². The molecule has 1 amide bonds. The molecule has 2 aromatic carbocycles. The lowest BCUT2D eigenvalue weighted by molar-refractivity contribution is -0.133. The number of hydrogen-bond acceptors (Lipinski definition) is 8. The first-order valence-electron chi connectivity index (χ1n) is 8.94. The van der Waals surface area contributed by atoms with Crippen molar-refractivity contribution in [2.45, 2.75) is 12.2 Å². The first kappa shape index (κ1) is 23.9. The topological polar surface area (TPSA) is 108 Å². The number of carbonyl (C=O) groups is 4. The SMILES string of the molecule is COC(=O)c1cc(OC(=O)C(C)SCC(=O)Nc2ccc(F)cc2)cc(C(=O)OC)c1. The Morgan fingerprint density at radius 1 is 0.968 bits per heavy atom. The van der Waals surface area contributed by atoms with E-state index in [1.54, 1.807) is 6.92 Å². The van der Waals surface area contributed by atoms with Crippen molar-refractivity contribution >= 4 is 41.3 Å². The Kier molecular flexibility index (Phi) is 8.56. The van der Waals surface area contributed by atoms with E-state index in [9.17, 15) is 23.6 Å². The van der Waals surface area contributed by atoms with Crippen molar-refractivity contribution in [1.82, 2.24) is 0 Å². The van der Waals surface area contributed by atoms with Crippen molar-refractivity contribution in [1.29, 1.82) is 0 Å². The Hall–Kier alpha value is -3.40. The van der Waals surface area contributed by atoms with Gasteiger partial charge in [0.1, 0.15) is 16.8 Å². The fourth-order valence-corrected chi connectivity index (χ4v) is 2.99. The second-order valence-electron chi connectivity index (χ2n) is 6.16. The van der Waals surface area contributed by atoms with Crippen molar-refractivity contribution in [2.24, 2.45) is 0 Å². The van der Waals surface area contributed by atoms with E-state index in [2.05, 4.69) is 14.8 Å². The highest BCUT2D eigenvalue weighted by Gasteiger charge is 2.20. The highest BCUT2D eigenvalue weighted by atomic mass is 32.2. The maximum Gasteiger partial charge on any atom is 0.338 e. The zero-order valence-electron chi connectivity index (χ0n) is 17.0.